The summed E-state index contributed by atoms with van der Waals surface area (Å²) >= 11 is 0. The lowest BCUT2D eigenvalue weighted by Crippen LogP contribution is -1.94. The first kappa shape index (κ1) is 10.9. The first-order valence-electron chi connectivity index (χ1n) is 5.47. The average Bonchev–Trinajstić information content (AvgIpc) is 2.60. The maximum absolute atomic E-state index is 11.3. The first-order valence-corrected chi connectivity index (χ1v) is 5.47. The monoisotopic (exact) mass is 217 g/mol. The highest BCUT2D eigenvalue weighted by molar-refractivity contribution is 5.98. The fourth-order valence-corrected chi connectivity index (χ4v) is 1.73. The van der Waals surface area contributed by atoms with E-state index in [1.54, 1.807) is 13.0 Å². The summed E-state index contributed by atoms with van der Waals surface area (Å²) in [6.07, 6.45) is 0.845. The minimum absolute atomic E-state index is 0.0681. The third-order valence-corrected chi connectivity index (χ3v) is 2.55. The van der Waals surface area contributed by atoms with Crippen molar-refractivity contribution in [2.75, 3.05) is 0 Å². The van der Waals surface area contributed by atoms with Crippen LogP contribution in [-0.4, -0.2) is 10.9 Å². The number of ketones is 1. The van der Waals surface area contributed by atoms with Gasteiger partial charge in [0.2, 0.25) is 0 Å². The lowest BCUT2D eigenvalue weighted by molar-refractivity contribution is 0.101. The van der Waals surface area contributed by atoms with Gasteiger partial charge in [-0.3, -0.25) is 4.79 Å². The fraction of sp³-hybridized carbons (Fsp3) is 0.385. The molecule has 0 atom stereocenters. The van der Waals surface area contributed by atoms with Crippen molar-refractivity contribution in [2.45, 2.75) is 27.2 Å². The van der Waals surface area contributed by atoms with Crippen LogP contribution in [0.1, 0.15) is 36.9 Å². The summed E-state index contributed by atoms with van der Waals surface area (Å²) in [6, 6.07) is 5.48. The molecule has 0 saturated carbocycles. The van der Waals surface area contributed by atoms with E-state index in [1.807, 2.05) is 12.1 Å². The van der Waals surface area contributed by atoms with Crippen molar-refractivity contribution in [3.8, 4) is 0 Å². The van der Waals surface area contributed by atoms with Crippen LogP contribution in [0.2, 0.25) is 0 Å². The molecule has 1 aromatic carbocycles. The van der Waals surface area contributed by atoms with E-state index in [2.05, 4.69) is 19.0 Å². The molecule has 84 valence electrons. The number of hydrogen-bond acceptors (Lipinski definition) is 3. The topological polar surface area (TPSA) is 43.1 Å². The molecule has 1 aromatic heterocycles. The van der Waals surface area contributed by atoms with Gasteiger partial charge in [-0.25, -0.2) is 0 Å². The molecule has 0 aliphatic carbocycles. The van der Waals surface area contributed by atoms with Crippen LogP contribution in [0.25, 0.3) is 10.9 Å². The van der Waals surface area contributed by atoms with Crippen LogP contribution in [0.5, 0.6) is 0 Å². The van der Waals surface area contributed by atoms with Crippen LogP contribution < -0.4 is 0 Å². The number of Topliss-reactive ketones (excluding diaryl/α,β-unsaturated/α-hetero) is 1. The smallest absolute Gasteiger partial charge is 0.159 e. The van der Waals surface area contributed by atoms with E-state index in [1.165, 1.54) is 0 Å². The van der Waals surface area contributed by atoms with Crippen molar-refractivity contribution in [1.82, 2.24) is 5.16 Å². The highest BCUT2D eigenvalue weighted by atomic mass is 16.5. The summed E-state index contributed by atoms with van der Waals surface area (Å²) < 4.78 is 5.30. The number of carbonyl (C=O) groups is 1. The van der Waals surface area contributed by atoms with Crippen molar-refractivity contribution in [3.05, 3.63) is 29.5 Å². The van der Waals surface area contributed by atoms with Crippen molar-refractivity contribution in [3.63, 3.8) is 0 Å². The third-order valence-electron chi connectivity index (χ3n) is 2.55. The Balaban J connectivity index is 2.51. The minimum atomic E-state index is 0.0681. The van der Waals surface area contributed by atoms with Gasteiger partial charge in [-0.15, -0.1) is 0 Å². The Kier molecular flexibility index (Phi) is 2.77. The van der Waals surface area contributed by atoms with Crippen molar-refractivity contribution >= 4 is 16.7 Å². The summed E-state index contributed by atoms with van der Waals surface area (Å²) in [4.78, 5) is 11.3. The molecular formula is C13H15NO2. The Morgan fingerprint density at radius 2 is 2.19 bits per heavy atom. The minimum Gasteiger partial charge on any atom is -0.360 e. The van der Waals surface area contributed by atoms with Gasteiger partial charge in [-0.05, 0) is 31.0 Å². The highest BCUT2D eigenvalue weighted by Gasteiger charge is 2.11. The van der Waals surface area contributed by atoms with E-state index in [9.17, 15) is 4.79 Å². The van der Waals surface area contributed by atoms with E-state index in [0.717, 1.165) is 23.1 Å². The second-order valence-electron chi connectivity index (χ2n) is 4.49. The number of hydrogen-bond donors (Lipinski definition) is 0. The normalized spacial score (nSPS) is 11.2. The van der Waals surface area contributed by atoms with Gasteiger partial charge in [0, 0.05) is 17.4 Å². The van der Waals surface area contributed by atoms with E-state index < -0.39 is 0 Å². The molecule has 0 fully saturated rings. The van der Waals surface area contributed by atoms with Crippen LogP contribution in [0.15, 0.2) is 22.7 Å². The SMILES string of the molecule is CC(=O)c1ccc2noc(CC(C)C)c2c1. The van der Waals surface area contributed by atoms with Gasteiger partial charge in [-0.2, -0.15) is 0 Å². The Labute approximate surface area is 94.4 Å². The molecule has 0 saturated heterocycles. The second-order valence-corrected chi connectivity index (χ2v) is 4.49. The summed E-state index contributed by atoms with van der Waals surface area (Å²) in [5.41, 5.74) is 1.53. The number of fused-ring (bicyclic) bond motifs is 1. The second kappa shape index (κ2) is 4.08. The quantitative estimate of drug-likeness (QED) is 0.741. The fourth-order valence-electron chi connectivity index (χ4n) is 1.73. The van der Waals surface area contributed by atoms with Gasteiger partial charge >= 0.3 is 0 Å². The van der Waals surface area contributed by atoms with Gasteiger partial charge in [0.25, 0.3) is 0 Å². The molecule has 0 aliphatic heterocycles. The summed E-state index contributed by atoms with van der Waals surface area (Å²) in [7, 11) is 0. The van der Waals surface area contributed by atoms with Gasteiger partial charge in [-0.1, -0.05) is 19.0 Å². The molecule has 0 radical (unpaired) electrons. The molecule has 0 aliphatic rings. The molecule has 0 spiro atoms. The Morgan fingerprint density at radius 3 is 2.81 bits per heavy atom. The van der Waals surface area contributed by atoms with Gasteiger partial charge in [0.1, 0.15) is 11.3 Å². The molecule has 2 rings (SSSR count). The Morgan fingerprint density at radius 1 is 1.44 bits per heavy atom. The Bertz CT molecular complexity index is 526. The summed E-state index contributed by atoms with van der Waals surface area (Å²) in [5, 5.41) is 4.95. The molecular weight excluding hydrogens is 202 g/mol. The van der Waals surface area contributed by atoms with Crippen molar-refractivity contribution in [2.24, 2.45) is 5.92 Å². The van der Waals surface area contributed by atoms with Crippen molar-refractivity contribution < 1.29 is 9.32 Å². The highest BCUT2D eigenvalue weighted by Crippen LogP contribution is 2.22. The lowest BCUT2D eigenvalue weighted by Gasteiger charge is -2.00. The first-order chi connectivity index (χ1) is 7.58. The van der Waals surface area contributed by atoms with Crippen LogP contribution in [-0.2, 0) is 6.42 Å². The predicted octanol–water partition coefficient (Wildman–Crippen LogP) is 3.23. The van der Waals surface area contributed by atoms with Gasteiger partial charge in [0.15, 0.2) is 5.78 Å². The van der Waals surface area contributed by atoms with Crippen LogP contribution in [0, 0.1) is 5.92 Å². The number of carbonyl (C=O) groups excluding carboxylic acids is 1. The number of nitrogens with zero attached hydrogens (tertiary/aromatic N) is 1. The molecule has 2 aromatic rings. The third kappa shape index (κ3) is 1.98. The van der Waals surface area contributed by atoms with Gasteiger partial charge < -0.3 is 4.52 Å². The van der Waals surface area contributed by atoms with E-state index in [4.69, 9.17) is 4.52 Å². The van der Waals surface area contributed by atoms with Crippen LogP contribution in [0.4, 0.5) is 0 Å². The lowest BCUT2D eigenvalue weighted by atomic mass is 10.0. The zero-order chi connectivity index (χ0) is 11.7. The molecule has 1 heterocycles. The molecule has 16 heavy (non-hydrogen) atoms. The van der Waals surface area contributed by atoms with E-state index in [0.29, 0.717) is 11.5 Å². The predicted molar refractivity (Wildman–Crippen MR) is 62.6 cm³/mol. The molecule has 0 unspecified atom stereocenters. The standard InChI is InChI=1S/C13H15NO2/c1-8(2)6-13-11-7-10(9(3)15)4-5-12(11)14-16-13/h4-5,7-8H,6H2,1-3H3. The maximum atomic E-state index is 11.3. The van der Waals surface area contributed by atoms with Gasteiger partial charge in [0.05, 0.1) is 0 Å². The van der Waals surface area contributed by atoms with E-state index >= 15 is 0 Å². The van der Waals surface area contributed by atoms with Crippen molar-refractivity contribution in [1.29, 1.82) is 0 Å². The maximum Gasteiger partial charge on any atom is 0.159 e. The number of benzene rings is 1. The molecule has 0 bridgehead atoms. The molecule has 0 N–H and O–H groups in total. The largest absolute Gasteiger partial charge is 0.360 e. The number of rotatable bonds is 3. The molecule has 0 amide bonds. The van der Waals surface area contributed by atoms with Crippen LogP contribution in [0.3, 0.4) is 0 Å². The Hall–Kier alpha value is -1.64. The summed E-state index contributed by atoms with van der Waals surface area (Å²) in [5.74, 6) is 1.45. The number of aromatic nitrogens is 1. The zero-order valence-electron chi connectivity index (χ0n) is 9.78. The summed E-state index contributed by atoms with van der Waals surface area (Å²) in [6.45, 7) is 5.82. The van der Waals surface area contributed by atoms with E-state index in [-0.39, 0.29) is 5.78 Å². The zero-order valence-corrected chi connectivity index (χ0v) is 9.78. The van der Waals surface area contributed by atoms with Crippen LogP contribution >= 0.6 is 0 Å². The average molecular weight is 217 g/mol. The molecule has 3 heteroatoms. The molecule has 3 nitrogen and oxygen atoms in total.